The predicted octanol–water partition coefficient (Wildman–Crippen LogP) is 4.51. The molecule has 1 N–H and O–H groups in total. The van der Waals surface area contributed by atoms with Gasteiger partial charge in [-0.2, -0.15) is 0 Å². The average molecular weight is 520 g/mol. The van der Waals surface area contributed by atoms with Crippen LogP contribution in [0.25, 0.3) is 10.9 Å². The summed E-state index contributed by atoms with van der Waals surface area (Å²) in [5.41, 5.74) is 0.717. The van der Waals surface area contributed by atoms with Crippen molar-refractivity contribution in [2.75, 3.05) is 32.1 Å². The zero-order valence-corrected chi connectivity index (χ0v) is 20.3. The molecule has 35 heavy (non-hydrogen) atoms. The predicted molar refractivity (Wildman–Crippen MR) is 128 cm³/mol. The SMILES string of the molecule is COc1cc2c(Nc3ccc(Cl)c(Cl)c3F)ncnc2cc1OCC1C[C@@H]2CN(C(=O)[O-])C[C@@H]2C1. The number of carbonyl (C=O) groups excluding carboxylic acids is 1. The van der Waals surface area contributed by atoms with Crippen molar-refractivity contribution in [1.29, 1.82) is 0 Å². The van der Waals surface area contributed by atoms with E-state index in [4.69, 9.17) is 32.7 Å². The van der Waals surface area contributed by atoms with E-state index in [0.717, 1.165) is 12.8 Å². The fourth-order valence-electron chi connectivity index (χ4n) is 5.10. The Labute approximate surface area is 211 Å². The first-order valence-electron chi connectivity index (χ1n) is 11.2. The molecule has 1 amide bonds. The molecule has 8 nitrogen and oxygen atoms in total. The Morgan fingerprint density at radius 3 is 2.63 bits per heavy atom. The maximum Gasteiger partial charge on any atom is 0.166 e. The number of nitrogens with one attached hydrogen (secondary N) is 1. The van der Waals surface area contributed by atoms with Crippen molar-refractivity contribution in [3.8, 4) is 11.5 Å². The number of likely N-dealkylation sites (tertiary alicyclic amines) is 1. The highest BCUT2D eigenvalue weighted by molar-refractivity contribution is 6.42. The monoisotopic (exact) mass is 519 g/mol. The highest BCUT2D eigenvalue weighted by Crippen LogP contribution is 2.42. The van der Waals surface area contributed by atoms with Crippen LogP contribution in [-0.2, 0) is 0 Å². The van der Waals surface area contributed by atoms with E-state index in [0.29, 0.717) is 65.7 Å². The second-order valence-corrected chi connectivity index (χ2v) is 9.72. The molecule has 5 rings (SSSR count). The van der Waals surface area contributed by atoms with Gasteiger partial charge in [0.05, 0.1) is 35.0 Å². The Morgan fingerprint density at radius 2 is 1.94 bits per heavy atom. The van der Waals surface area contributed by atoms with Crippen LogP contribution in [0.1, 0.15) is 12.8 Å². The zero-order valence-electron chi connectivity index (χ0n) is 18.8. The largest absolute Gasteiger partial charge is 0.530 e. The third kappa shape index (κ3) is 4.62. The van der Waals surface area contributed by atoms with Crippen molar-refractivity contribution in [2.45, 2.75) is 12.8 Å². The van der Waals surface area contributed by atoms with Gasteiger partial charge in [0.1, 0.15) is 18.2 Å². The quantitative estimate of drug-likeness (QED) is 0.478. The van der Waals surface area contributed by atoms with E-state index in [-0.39, 0.29) is 15.7 Å². The van der Waals surface area contributed by atoms with Crippen molar-refractivity contribution < 1.29 is 23.8 Å². The first kappa shape index (κ1) is 23.7. The number of aromatic nitrogens is 2. The summed E-state index contributed by atoms with van der Waals surface area (Å²) in [5.74, 6) is 1.76. The fraction of sp³-hybridized carbons (Fsp3) is 0.375. The summed E-state index contributed by atoms with van der Waals surface area (Å²) in [5, 5.41) is 14.6. The molecule has 0 radical (unpaired) electrons. The van der Waals surface area contributed by atoms with Crippen molar-refractivity contribution >= 4 is 51.7 Å². The number of ether oxygens (including phenoxy) is 2. The molecule has 0 spiro atoms. The van der Waals surface area contributed by atoms with E-state index in [1.807, 2.05) is 0 Å². The van der Waals surface area contributed by atoms with Crippen LogP contribution < -0.4 is 19.9 Å². The molecule has 11 heteroatoms. The van der Waals surface area contributed by atoms with Crippen LogP contribution in [0.5, 0.6) is 11.5 Å². The Hall–Kier alpha value is -3.04. The number of hydrogen-bond acceptors (Lipinski definition) is 7. The number of carboxylic acid groups (broad SMARTS) is 1. The molecule has 3 aromatic rings. The van der Waals surface area contributed by atoms with Gasteiger partial charge in [0.2, 0.25) is 0 Å². The number of nitrogens with zero attached hydrogens (tertiary/aromatic N) is 3. The van der Waals surface area contributed by atoms with Gasteiger partial charge in [-0.1, -0.05) is 23.2 Å². The van der Waals surface area contributed by atoms with Crippen molar-refractivity contribution in [2.24, 2.45) is 17.8 Å². The van der Waals surface area contributed by atoms with E-state index in [1.165, 1.54) is 30.5 Å². The summed E-state index contributed by atoms with van der Waals surface area (Å²) >= 11 is 11.8. The van der Waals surface area contributed by atoms with Gasteiger partial charge in [-0.25, -0.2) is 14.4 Å². The molecule has 0 bridgehead atoms. The molecule has 1 saturated carbocycles. The molecule has 2 aliphatic rings. The molecular weight excluding hydrogens is 498 g/mol. The second-order valence-electron chi connectivity index (χ2n) is 8.93. The lowest BCUT2D eigenvalue weighted by molar-refractivity contribution is -0.264. The Kier molecular flexibility index (Phi) is 6.46. The highest BCUT2D eigenvalue weighted by Gasteiger charge is 2.41. The van der Waals surface area contributed by atoms with E-state index in [2.05, 4.69) is 15.3 Å². The second kappa shape index (κ2) is 9.54. The minimum Gasteiger partial charge on any atom is -0.530 e. The van der Waals surface area contributed by atoms with Gasteiger partial charge in [0.25, 0.3) is 0 Å². The maximum absolute atomic E-state index is 14.6. The summed E-state index contributed by atoms with van der Waals surface area (Å²) < 4.78 is 26.2. The number of amides is 1. The molecule has 184 valence electrons. The topological polar surface area (TPSA) is 99.6 Å². The van der Waals surface area contributed by atoms with Gasteiger partial charge >= 0.3 is 0 Å². The Morgan fingerprint density at radius 1 is 1.20 bits per heavy atom. The highest BCUT2D eigenvalue weighted by atomic mass is 35.5. The normalized spacial score (nSPS) is 21.3. The van der Waals surface area contributed by atoms with Gasteiger partial charge in [-0.15, -0.1) is 0 Å². The zero-order chi connectivity index (χ0) is 24.7. The minimum absolute atomic E-state index is 0.118. The van der Waals surface area contributed by atoms with Crippen molar-refractivity contribution in [1.82, 2.24) is 14.9 Å². The molecule has 2 fully saturated rings. The minimum atomic E-state index is -1.09. The van der Waals surface area contributed by atoms with E-state index in [9.17, 15) is 14.3 Å². The van der Waals surface area contributed by atoms with Crippen molar-refractivity contribution in [3.63, 3.8) is 0 Å². The number of methoxy groups -OCH3 is 1. The summed E-state index contributed by atoms with van der Waals surface area (Å²) in [6.07, 6.45) is 2.11. The molecule has 1 unspecified atom stereocenters. The van der Waals surface area contributed by atoms with Gasteiger partial charge in [-0.3, -0.25) is 0 Å². The van der Waals surface area contributed by atoms with Crippen LogP contribution >= 0.6 is 23.2 Å². The van der Waals surface area contributed by atoms with Gasteiger partial charge < -0.3 is 29.6 Å². The number of hydrogen-bond donors (Lipinski definition) is 1. The first-order valence-corrected chi connectivity index (χ1v) is 11.9. The standard InChI is InChI=1S/C24H23Cl2FN4O4/c1-34-19-6-15-18(28-11-29-23(15)30-17-3-2-16(25)21(26)22(17)27)7-20(19)35-10-12-4-13-8-31(24(32)33)9-14(13)5-12/h2-3,6-7,11-14H,4-5,8-10H2,1H3,(H,32,33)(H,28,29,30)/p-1/t12?,13-,14+. The van der Waals surface area contributed by atoms with Crippen LogP contribution in [0.4, 0.5) is 20.7 Å². The maximum atomic E-state index is 14.6. The van der Waals surface area contributed by atoms with Crippen LogP contribution in [-0.4, -0.2) is 47.8 Å². The lowest BCUT2D eigenvalue weighted by Gasteiger charge is -2.21. The van der Waals surface area contributed by atoms with Crippen LogP contribution in [0.3, 0.4) is 0 Å². The van der Waals surface area contributed by atoms with Crippen LogP contribution in [0.15, 0.2) is 30.6 Å². The molecule has 1 aromatic heterocycles. The summed E-state index contributed by atoms with van der Waals surface area (Å²) in [4.78, 5) is 21.1. The van der Waals surface area contributed by atoms with E-state index >= 15 is 0 Å². The third-order valence-electron chi connectivity index (χ3n) is 6.79. The summed E-state index contributed by atoms with van der Waals surface area (Å²) in [6, 6.07) is 6.48. The molecule has 1 aliphatic carbocycles. The van der Waals surface area contributed by atoms with E-state index < -0.39 is 11.9 Å². The number of rotatable bonds is 6. The third-order valence-corrected chi connectivity index (χ3v) is 7.57. The average Bonchev–Trinajstić information content (AvgIpc) is 3.42. The molecule has 2 heterocycles. The molecular formula is C24H22Cl2FN4O4-. The number of benzene rings is 2. The summed E-state index contributed by atoms with van der Waals surface area (Å²) in [6.45, 7) is 1.56. The van der Waals surface area contributed by atoms with Crippen LogP contribution in [0.2, 0.25) is 10.0 Å². The van der Waals surface area contributed by atoms with Gasteiger partial charge in [-0.05, 0) is 48.8 Å². The molecule has 1 saturated heterocycles. The van der Waals surface area contributed by atoms with E-state index in [1.54, 1.807) is 12.1 Å². The molecule has 2 aromatic carbocycles. The van der Waals surface area contributed by atoms with Crippen LogP contribution in [0, 0.1) is 23.6 Å². The fourth-order valence-corrected chi connectivity index (χ4v) is 5.41. The number of carbonyl (C=O) groups is 1. The van der Waals surface area contributed by atoms with Gasteiger partial charge in [0.15, 0.2) is 17.3 Å². The molecule has 3 atom stereocenters. The first-order chi connectivity index (χ1) is 16.8. The number of halogens is 3. The van der Waals surface area contributed by atoms with Crippen molar-refractivity contribution in [3.05, 3.63) is 46.5 Å². The summed E-state index contributed by atoms with van der Waals surface area (Å²) in [7, 11) is 1.54. The van der Waals surface area contributed by atoms with Gasteiger partial charge in [0, 0.05) is 24.5 Å². The Balaban J connectivity index is 1.33. The lowest BCUT2D eigenvalue weighted by atomic mass is 10.0. The number of anilines is 2. The number of fused-ring (bicyclic) bond motifs is 2. The molecule has 1 aliphatic heterocycles. The Bertz CT molecular complexity index is 1280. The smallest absolute Gasteiger partial charge is 0.166 e. The lowest BCUT2D eigenvalue weighted by Crippen LogP contribution is -2.40.